The van der Waals surface area contributed by atoms with E-state index in [1.165, 1.54) is 35.5 Å². The fourth-order valence-electron chi connectivity index (χ4n) is 3.56. The van der Waals surface area contributed by atoms with Gasteiger partial charge in [0.05, 0.1) is 21.2 Å². The van der Waals surface area contributed by atoms with Crippen LogP contribution in [-0.2, 0) is 10.0 Å². The van der Waals surface area contributed by atoms with E-state index in [-0.39, 0.29) is 27.9 Å². The van der Waals surface area contributed by atoms with Crippen molar-refractivity contribution in [3.05, 3.63) is 95.4 Å². The highest BCUT2D eigenvalue weighted by atomic mass is 32.2. The van der Waals surface area contributed by atoms with Gasteiger partial charge in [0.2, 0.25) is 0 Å². The van der Waals surface area contributed by atoms with E-state index in [9.17, 15) is 18.0 Å². The number of sulfonamides is 1. The van der Waals surface area contributed by atoms with Crippen molar-refractivity contribution in [2.24, 2.45) is 0 Å². The summed E-state index contributed by atoms with van der Waals surface area (Å²) in [7, 11) is -3.79. The second kappa shape index (κ2) is 10.2. The third-order valence-corrected chi connectivity index (χ3v) is 8.24. The van der Waals surface area contributed by atoms with Crippen LogP contribution in [0.1, 0.15) is 33.9 Å². The van der Waals surface area contributed by atoms with Crippen LogP contribution in [0.3, 0.4) is 0 Å². The lowest BCUT2D eigenvalue weighted by molar-refractivity contribution is 0.101. The number of carbonyl (C=O) groups excluding carboxylic acids is 2. The summed E-state index contributed by atoms with van der Waals surface area (Å²) in [6, 6.07) is 23.8. The highest BCUT2D eigenvalue weighted by Gasteiger charge is 2.24. The normalized spacial score (nSPS) is 11.1. The number of nitrogens with one attached hydrogen (secondary N) is 1. The molecule has 1 heterocycles. The van der Waals surface area contributed by atoms with Crippen LogP contribution in [-0.4, -0.2) is 31.6 Å². The molecule has 3 aromatic carbocycles. The lowest BCUT2D eigenvalue weighted by Crippen LogP contribution is -2.30. The van der Waals surface area contributed by atoms with Gasteiger partial charge >= 0.3 is 0 Å². The molecule has 0 unspecified atom stereocenters. The zero-order valence-electron chi connectivity index (χ0n) is 19.1. The molecule has 0 aliphatic rings. The Labute approximate surface area is 208 Å². The van der Waals surface area contributed by atoms with Crippen molar-refractivity contribution in [3.8, 4) is 11.3 Å². The summed E-state index contributed by atoms with van der Waals surface area (Å²) in [5.41, 5.74) is 2.13. The number of carbonyl (C=O) groups is 2. The molecule has 178 valence electrons. The lowest BCUT2D eigenvalue weighted by Gasteiger charge is -2.22. The van der Waals surface area contributed by atoms with Gasteiger partial charge in [-0.2, -0.15) is 0 Å². The quantitative estimate of drug-likeness (QED) is 0.320. The van der Waals surface area contributed by atoms with Gasteiger partial charge in [0.1, 0.15) is 0 Å². The smallest absolute Gasteiger partial charge is 0.264 e. The topological polar surface area (TPSA) is 96.4 Å². The molecule has 1 aromatic heterocycles. The second-order valence-corrected chi connectivity index (χ2v) is 10.5. The van der Waals surface area contributed by atoms with Crippen molar-refractivity contribution in [3.63, 3.8) is 0 Å². The van der Waals surface area contributed by atoms with E-state index in [1.807, 2.05) is 36.4 Å². The molecule has 0 radical (unpaired) electrons. The van der Waals surface area contributed by atoms with E-state index in [0.717, 1.165) is 16.9 Å². The Bertz CT molecular complexity index is 1450. The first-order valence-electron chi connectivity index (χ1n) is 10.9. The monoisotopic (exact) mass is 505 g/mol. The minimum absolute atomic E-state index is 0.0826. The highest BCUT2D eigenvalue weighted by molar-refractivity contribution is 7.92. The first-order chi connectivity index (χ1) is 16.8. The maximum Gasteiger partial charge on any atom is 0.264 e. The molecule has 0 bridgehead atoms. The van der Waals surface area contributed by atoms with Gasteiger partial charge in [0, 0.05) is 24.6 Å². The number of hydrogen-bond acceptors (Lipinski definition) is 6. The molecule has 0 spiro atoms. The molecular weight excluding hydrogens is 482 g/mol. The Kier molecular flexibility index (Phi) is 7.09. The van der Waals surface area contributed by atoms with Crippen LogP contribution in [0.25, 0.3) is 11.3 Å². The predicted molar refractivity (Wildman–Crippen MR) is 139 cm³/mol. The minimum Gasteiger partial charge on any atom is -0.298 e. The van der Waals surface area contributed by atoms with Crippen LogP contribution in [0.4, 0.5) is 10.8 Å². The number of ketones is 1. The number of Topliss-reactive ketones (excluding diaryl/α,β-unsaturated/α-hetero) is 1. The largest absolute Gasteiger partial charge is 0.298 e. The van der Waals surface area contributed by atoms with Gasteiger partial charge in [0.15, 0.2) is 10.9 Å². The Morgan fingerprint density at radius 2 is 1.51 bits per heavy atom. The van der Waals surface area contributed by atoms with Gasteiger partial charge in [-0.3, -0.25) is 19.2 Å². The highest BCUT2D eigenvalue weighted by Crippen LogP contribution is 2.32. The van der Waals surface area contributed by atoms with Crippen LogP contribution in [0.5, 0.6) is 0 Å². The fourth-order valence-corrected chi connectivity index (χ4v) is 5.92. The fraction of sp³-hybridized carbons (Fsp3) is 0.115. The van der Waals surface area contributed by atoms with E-state index < -0.39 is 15.9 Å². The molecule has 0 saturated carbocycles. The zero-order chi connectivity index (χ0) is 25.0. The maximum absolute atomic E-state index is 13.2. The van der Waals surface area contributed by atoms with Gasteiger partial charge in [0.25, 0.3) is 15.9 Å². The summed E-state index contributed by atoms with van der Waals surface area (Å²) < 4.78 is 27.6. The van der Waals surface area contributed by atoms with Crippen LogP contribution < -0.4 is 9.62 Å². The summed E-state index contributed by atoms with van der Waals surface area (Å²) in [6.45, 7) is 3.49. The number of hydrogen-bond donors (Lipinski definition) is 1. The Balaban J connectivity index is 1.56. The van der Waals surface area contributed by atoms with Gasteiger partial charge < -0.3 is 0 Å². The van der Waals surface area contributed by atoms with Crippen molar-refractivity contribution in [2.75, 3.05) is 16.2 Å². The molecule has 4 rings (SSSR count). The van der Waals surface area contributed by atoms with Gasteiger partial charge in [-0.15, -0.1) is 0 Å². The SMILES string of the molecule is CCN(c1ccccc1)S(=O)(=O)c1ccc(C(=O)Nc2nc(-c3ccccc3)c(C(C)=O)s2)cc1. The van der Waals surface area contributed by atoms with Crippen molar-refractivity contribution in [2.45, 2.75) is 18.7 Å². The van der Waals surface area contributed by atoms with Crippen LogP contribution in [0.15, 0.2) is 89.8 Å². The third-order valence-electron chi connectivity index (χ3n) is 5.25. The number of nitrogens with zero attached hydrogens (tertiary/aromatic N) is 2. The van der Waals surface area contributed by atoms with Crippen molar-refractivity contribution in [1.82, 2.24) is 4.98 Å². The minimum atomic E-state index is -3.79. The average molecular weight is 506 g/mol. The van der Waals surface area contributed by atoms with Crippen molar-refractivity contribution < 1.29 is 18.0 Å². The van der Waals surface area contributed by atoms with Crippen LogP contribution in [0.2, 0.25) is 0 Å². The molecule has 7 nitrogen and oxygen atoms in total. The molecule has 9 heteroatoms. The number of benzene rings is 3. The predicted octanol–water partition coefficient (Wildman–Crippen LogP) is 5.48. The second-order valence-electron chi connectivity index (χ2n) is 7.60. The number of thiazole rings is 1. The van der Waals surface area contributed by atoms with E-state index >= 15 is 0 Å². The summed E-state index contributed by atoms with van der Waals surface area (Å²) >= 11 is 1.10. The van der Waals surface area contributed by atoms with E-state index in [1.54, 1.807) is 31.2 Å². The zero-order valence-corrected chi connectivity index (χ0v) is 20.8. The Hall–Kier alpha value is -3.82. The maximum atomic E-state index is 13.2. The lowest BCUT2D eigenvalue weighted by atomic mass is 10.1. The molecule has 0 atom stereocenters. The molecule has 1 N–H and O–H groups in total. The standard InChI is InChI=1S/C26H23N3O4S2/c1-3-29(21-12-8-5-9-13-21)35(32,33)22-16-14-20(15-17-22)25(31)28-26-27-23(24(34-26)18(2)30)19-10-6-4-7-11-19/h4-17H,3H2,1-2H3,(H,27,28,31). The number of rotatable bonds is 8. The van der Waals surface area contributed by atoms with E-state index in [2.05, 4.69) is 10.3 Å². The number of amides is 1. The average Bonchev–Trinajstić information content (AvgIpc) is 3.30. The van der Waals surface area contributed by atoms with Crippen LogP contribution >= 0.6 is 11.3 Å². The van der Waals surface area contributed by atoms with E-state index in [4.69, 9.17) is 0 Å². The first-order valence-corrected chi connectivity index (χ1v) is 13.1. The van der Waals surface area contributed by atoms with Crippen LogP contribution in [0, 0.1) is 0 Å². The molecule has 0 fully saturated rings. The third kappa shape index (κ3) is 5.16. The molecule has 0 saturated heterocycles. The van der Waals surface area contributed by atoms with Gasteiger partial charge in [-0.1, -0.05) is 59.9 Å². The molecule has 0 aliphatic carbocycles. The number of aromatic nitrogens is 1. The Morgan fingerprint density at radius 1 is 0.914 bits per heavy atom. The Morgan fingerprint density at radius 3 is 2.09 bits per heavy atom. The summed E-state index contributed by atoms with van der Waals surface area (Å²) in [4.78, 5) is 29.9. The molecule has 4 aromatic rings. The van der Waals surface area contributed by atoms with Crippen molar-refractivity contribution in [1.29, 1.82) is 0 Å². The summed E-state index contributed by atoms with van der Waals surface area (Å²) in [5.74, 6) is -0.594. The first kappa shape index (κ1) is 24.3. The number of anilines is 2. The molecule has 1 amide bonds. The number of para-hydroxylation sites is 1. The van der Waals surface area contributed by atoms with Gasteiger partial charge in [-0.05, 0) is 43.3 Å². The molecule has 35 heavy (non-hydrogen) atoms. The van der Waals surface area contributed by atoms with Crippen molar-refractivity contribution >= 4 is 43.9 Å². The molecular formula is C26H23N3O4S2. The van der Waals surface area contributed by atoms with Gasteiger partial charge in [-0.25, -0.2) is 13.4 Å². The summed E-state index contributed by atoms with van der Waals surface area (Å²) in [6.07, 6.45) is 0. The summed E-state index contributed by atoms with van der Waals surface area (Å²) in [5, 5.41) is 3.01. The van der Waals surface area contributed by atoms with E-state index in [0.29, 0.717) is 16.3 Å². The molecule has 0 aliphatic heterocycles.